The van der Waals surface area contributed by atoms with Gasteiger partial charge < -0.3 is 14.3 Å². The molecule has 1 saturated carbocycles. The summed E-state index contributed by atoms with van der Waals surface area (Å²) in [6.07, 6.45) is 1.74. The molecule has 0 atom stereocenters. The summed E-state index contributed by atoms with van der Waals surface area (Å²) in [5, 5.41) is 9.42. The van der Waals surface area contributed by atoms with Gasteiger partial charge >= 0.3 is 0 Å². The Morgan fingerprint density at radius 3 is 2.50 bits per heavy atom. The Morgan fingerprint density at radius 2 is 2.00 bits per heavy atom. The van der Waals surface area contributed by atoms with Gasteiger partial charge in [-0.05, 0) is 26.7 Å². The smallest absolute Gasteiger partial charge is 0.247 e. The average molecular weight is 303 g/mol. The summed E-state index contributed by atoms with van der Waals surface area (Å²) in [4.78, 5) is 0.112. The standard InChI is InChI=1S/C13H21NO5S/c1-9-12(8-15)13(10(2)19-9)20(16,17)14(6-7-18-3)11-4-5-11/h11,15H,4-8H2,1-3H3. The molecule has 114 valence electrons. The van der Waals surface area contributed by atoms with Crippen LogP contribution in [0, 0.1) is 13.8 Å². The first-order valence-electron chi connectivity index (χ1n) is 6.64. The number of aliphatic hydroxyl groups is 1. The van der Waals surface area contributed by atoms with Gasteiger partial charge in [-0.1, -0.05) is 0 Å². The summed E-state index contributed by atoms with van der Waals surface area (Å²) < 4.78 is 37.5. The number of aryl methyl sites for hydroxylation is 2. The molecule has 0 unspecified atom stereocenters. The molecule has 6 nitrogen and oxygen atoms in total. The summed E-state index contributed by atoms with van der Waals surface area (Å²) in [5.74, 6) is 0.778. The summed E-state index contributed by atoms with van der Waals surface area (Å²) in [6, 6.07) is 0.0382. The predicted octanol–water partition coefficient (Wildman–Crippen LogP) is 1.19. The SMILES string of the molecule is COCCN(C1CC1)S(=O)(=O)c1c(C)oc(C)c1CO. The summed E-state index contributed by atoms with van der Waals surface area (Å²) >= 11 is 0. The largest absolute Gasteiger partial charge is 0.465 e. The van der Waals surface area contributed by atoms with Gasteiger partial charge in [0.1, 0.15) is 16.4 Å². The van der Waals surface area contributed by atoms with Gasteiger partial charge in [-0.15, -0.1) is 0 Å². The molecule has 20 heavy (non-hydrogen) atoms. The zero-order valence-electron chi connectivity index (χ0n) is 12.0. The lowest BCUT2D eigenvalue weighted by molar-refractivity contribution is 0.177. The fraction of sp³-hybridized carbons (Fsp3) is 0.692. The van der Waals surface area contributed by atoms with Gasteiger partial charge in [-0.2, -0.15) is 4.31 Å². The molecule has 1 aromatic heterocycles. The Balaban J connectivity index is 2.42. The molecular formula is C13H21NO5S. The van der Waals surface area contributed by atoms with Crippen LogP contribution >= 0.6 is 0 Å². The lowest BCUT2D eigenvalue weighted by Crippen LogP contribution is -2.36. The van der Waals surface area contributed by atoms with E-state index in [4.69, 9.17) is 9.15 Å². The highest BCUT2D eigenvalue weighted by Gasteiger charge is 2.40. The van der Waals surface area contributed by atoms with E-state index >= 15 is 0 Å². The van der Waals surface area contributed by atoms with Crippen molar-refractivity contribution in [3.8, 4) is 0 Å². The van der Waals surface area contributed by atoms with Crippen molar-refractivity contribution in [1.29, 1.82) is 0 Å². The third kappa shape index (κ3) is 2.76. The van der Waals surface area contributed by atoms with E-state index < -0.39 is 10.0 Å². The zero-order chi connectivity index (χ0) is 14.9. The van der Waals surface area contributed by atoms with Crippen LogP contribution in [0.2, 0.25) is 0 Å². The highest BCUT2D eigenvalue weighted by Crippen LogP contribution is 2.35. The molecule has 0 saturated heterocycles. The number of aliphatic hydroxyl groups excluding tert-OH is 1. The fourth-order valence-electron chi connectivity index (χ4n) is 2.39. The van der Waals surface area contributed by atoms with Crippen molar-refractivity contribution < 1.29 is 22.7 Å². The van der Waals surface area contributed by atoms with Crippen molar-refractivity contribution in [2.75, 3.05) is 20.3 Å². The maximum Gasteiger partial charge on any atom is 0.247 e. The zero-order valence-corrected chi connectivity index (χ0v) is 12.9. The number of ether oxygens (including phenoxy) is 1. The van der Waals surface area contributed by atoms with E-state index in [1.165, 1.54) is 4.31 Å². The van der Waals surface area contributed by atoms with Crippen LogP contribution in [0.1, 0.15) is 29.9 Å². The minimum Gasteiger partial charge on any atom is -0.465 e. The van der Waals surface area contributed by atoms with Crippen molar-refractivity contribution in [3.05, 3.63) is 17.1 Å². The third-order valence-electron chi connectivity index (χ3n) is 3.52. The van der Waals surface area contributed by atoms with Crippen LogP contribution in [-0.2, 0) is 21.4 Å². The third-order valence-corrected chi connectivity index (χ3v) is 5.67. The second-order valence-electron chi connectivity index (χ2n) is 5.02. The van der Waals surface area contributed by atoms with Crippen molar-refractivity contribution in [2.45, 2.75) is 44.2 Å². The Labute approximate surface area is 119 Å². The van der Waals surface area contributed by atoms with E-state index in [2.05, 4.69) is 0 Å². The molecule has 1 N–H and O–H groups in total. The molecular weight excluding hydrogens is 282 g/mol. The first-order valence-corrected chi connectivity index (χ1v) is 8.08. The maximum absolute atomic E-state index is 12.8. The molecule has 0 radical (unpaired) electrons. The van der Waals surface area contributed by atoms with Crippen molar-refractivity contribution in [2.24, 2.45) is 0 Å². The van der Waals surface area contributed by atoms with E-state index in [1.807, 2.05) is 0 Å². The van der Waals surface area contributed by atoms with E-state index in [0.717, 1.165) is 12.8 Å². The lowest BCUT2D eigenvalue weighted by Gasteiger charge is -2.21. The van der Waals surface area contributed by atoms with Gasteiger partial charge in [0.05, 0.1) is 13.2 Å². The Hall–Kier alpha value is -0.890. The van der Waals surface area contributed by atoms with E-state index in [9.17, 15) is 13.5 Å². The predicted molar refractivity (Wildman–Crippen MR) is 72.9 cm³/mol. The van der Waals surface area contributed by atoms with Gasteiger partial charge in [0.15, 0.2) is 0 Å². The molecule has 0 aliphatic heterocycles. The number of nitrogens with zero attached hydrogens (tertiary/aromatic N) is 1. The van der Waals surface area contributed by atoms with Crippen LogP contribution in [0.25, 0.3) is 0 Å². The second kappa shape index (κ2) is 5.85. The molecule has 0 spiro atoms. The second-order valence-corrected chi connectivity index (χ2v) is 6.85. The van der Waals surface area contributed by atoms with E-state index in [-0.39, 0.29) is 17.5 Å². The molecule has 0 aromatic carbocycles. The Kier molecular flexibility index (Phi) is 4.53. The van der Waals surface area contributed by atoms with Crippen LogP contribution in [0.4, 0.5) is 0 Å². The van der Waals surface area contributed by atoms with Crippen LogP contribution in [-0.4, -0.2) is 44.1 Å². The topological polar surface area (TPSA) is 80.0 Å². The van der Waals surface area contributed by atoms with Crippen molar-refractivity contribution in [1.82, 2.24) is 4.31 Å². The van der Waals surface area contributed by atoms with Gasteiger partial charge in [0, 0.05) is 25.3 Å². The number of hydrogen-bond acceptors (Lipinski definition) is 5. The fourth-order valence-corrected chi connectivity index (χ4v) is 4.47. The first-order chi connectivity index (χ1) is 9.43. The van der Waals surface area contributed by atoms with Crippen LogP contribution in [0.5, 0.6) is 0 Å². The number of sulfonamides is 1. The minimum absolute atomic E-state index is 0.0382. The quantitative estimate of drug-likeness (QED) is 0.818. The molecule has 0 amide bonds. The van der Waals surface area contributed by atoms with Gasteiger partial charge in [0.25, 0.3) is 0 Å². The number of furan rings is 1. The number of rotatable bonds is 7. The monoisotopic (exact) mass is 303 g/mol. The average Bonchev–Trinajstić information content (AvgIpc) is 3.14. The summed E-state index contributed by atoms with van der Waals surface area (Å²) in [7, 11) is -2.12. The van der Waals surface area contributed by atoms with Crippen molar-refractivity contribution >= 4 is 10.0 Å². The normalized spacial score (nSPS) is 16.1. The Morgan fingerprint density at radius 1 is 1.35 bits per heavy atom. The highest BCUT2D eigenvalue weighted by molar-refractivity contribution is 7.89. The lowest BCUT2D eigenvalue weighted by atomic mass is 10.2. The molecule has 7 heteroatoms. The van der Waals surface area contributed by atoms with Crippen molar-refractivity contribution in [3.63, 3.8) is 0 Å². The summed E-state index contributed by atoms with van der Waals surface area (Å²) in [6.45, 7) is 3.59. The van der Waals surface area contributed by atoms with Crippen LogP contribution in [0.15, 0.2) is 9.31 Å². The molecule has 1 aliphatic rings. The minimum atomic E-state index is -3.66. The molecule has 1 aliphatic carbocycles. The number of methoxy groups -OCH3 is 1. The van der Waals surface area contributed by atoms with Gasteiger partial charge in [-0.3, -0.25) is 0 Å². The van der Waals surface area contributed by atoms with Crippen LogP contribution in [0.3, 0.4) is 0 Å². The van der Waals surface area contributed by atoms with E-state index in [0.29, 0.717) is 30.2 Å². The molecule has 0 bridgehead atoms. The van der Waals surface area contributed by atoms with Gasteiger partial charge in [-0.25, -0.2) is 8.42 Å². The van der Waals surface area contributed by atoms with Gasteiger partial charge in [0.2, 0.25) is 10.0 Å². The molecule has 1 aromatic rings. The molecule has 1 fully saturated rings. The maximum atomic E-state index is 12.8. The molecule has 1 heterocycles. The van der Waals surface area contributed by atoms with E-state index in [1.54, 1.807) is 21.0 Å². The first kappa shape index (κ1) is 15.5. The summed E-state index contributed by atoms with van der Waals surface area (Å²) in [5.41, 5.74) is 0.352. The Bertz CT molecular complexity index is 574. The number of hydrogen-bond donors (Lipinski definition) is 1. The molecule has 2 rings (SSSR count). The van der Waals surface area contributed by atoms with Crippen LogP contribution < -0.4 is 0 Å². The highest BCUT2D eigenvalue weighted by atomic mass is 32.2.